The summed E-state index contributed by atoms with van der Waals surface area (Å²) in [4.78, 5) is 7.51. The van der Waals surface area contributed by atoms with E-state index in [0.717, 1.165) is 12.8 Å². The van der Waals surface area contributed by atoms with Crippen molar-refractivity contribution in [1.29, 1.82) is 0 Å². The molecule has 4 heteroatoms. The van der Waals surface area contributed by atoms with E-state index in [2.05, 4.69) is 25.3 Å². The van der Waals surface area contributed by atoms with Crippen molar-refractivity contribution in [3.8, 4) is 9.88 Å². The fourth-order valence-corrected chi connectivity index (χ4v) is 4.63. The summed E-state index contributed by atoms with van der Waals surface area (Å²) in [6.45, 7) is 4.28. The molecule has 3 rings (SSSR count). The minimum atomic E-state index is 0.411. The molecular formula is C13H16N2S2. The summed E-state index contributed by atoms with van der Waals surface area (Å²) in [6.07, 6.45) is 2.26. The summed E-state index contributed by atoms with van der Waals surface area (Å²) in [5, 5.41) is 3.32. The van der Waals surface area contributed by atoms with Crippen molar-refractivity contribution in [1.82, 2.24) is 4.98 Å². The molecule has 0 unspecified atom stereocenters. The second-order valence-electron chi connectivity index (χ2n) is 4.83. The molecule has 2 N–H and O–H groups in total. The van der Waals surface area contributed by atoms with Gasteiger partial charge in [-0.25, -0.2) is 4.98 Å². The number of nitrogens with two attached hydrogens (primary N) is 1. The van der Waals surface area contributed by atoms with Crippen LogP contribution in [0.1, 0.15) is 34.9 Å². The molecule has 0 aliphatic heterocycles. The molecule has 2 heterocycles. The first-order valence-corrected chi connectivity index (χ1v) is 7.62. The topological polar surface area (TPSA) is 38.9 Å². The van der Waals surface area contributed by atoms with Crippen molar-refractivity contribution >= 4 is 22.7 Å². The van der Waals surface area contributed by atoms with Gasteiger partial charge in [-0.1, -0.05) is 0 Å². The Morgan fingerprint density at radius 1 is 1.35 bits per heavy atom. The van der Waals surface area contributed by atoms with E-state index in [1.807, 2.05) is 11.3 Å². The largest absolute Gasteiger partial charge is 0.328 e. The minimum Gasteiger partial charge on any atom is -0.328 e. The van der Waals surface area contributed by atoms with Crippen LogP contribution in [0.2, 0.25) is 0 Å². The molecule has 2 nitrogen and oxygen atoms in total. The molecule has 1 aliphatic carbocycles. The lowest BCUT2D eigenvalue weighted by Crippen LogP contribution is -2.34. The highest BCUT2D eigenvalue weighted by molar-refractivity contribution is 7.21. The monoisotopic (exact) mass is 264 g/mol. The van der Waals surface area contributed by atoms with Gasteiger partial charge in [0.15, 0.2) is 0 Å². The molecule has 1 fully saturated rings. The second kappa shape index (κ2) is 4.19. The van der Waals surface area contributed by atoms with E-state index in [-0.39, 0.29) is 0 Å². The zero-order valence-electron chi connectivity index (χ0n) is 10.1. The zero-order chi connectivity index (χ0) is 12.0. The number of aromatic nitrogens is 1. The average molecular weight is 264 g/mol. The van der Waals surface area contributed by atoms with Gasteiger partial charge in [0, 0.05) is 10.9 Å². The Hall–Kier alpha value is -0.710. The van der Waals surface area contributed by atoms with Crippen LogP contribution in [0.25, 0.3) is 9.88 Å². The average Bonchev–Trinajstić information content (AvgIpc) is 2.80. The van der Waals surface area contributed by atoms with Crippen LogP contribution in [0.15, 0.2) is 11.4 Å². The second-order valence-corrected chi connectivity index (χ2v) is 6.78. The molecule has 90 valence electrons. The number of hydrogen-bond donors (Lipinski definition) is 1. The Bertz CT molecular complexity index is 535. The number of thiophene rings is 1. The molecule has 0 spiro atoms. The maximum Gasteiger partial charge on any atom is 0.134 e. The van der Waals surface area contributed by atoms with Gasteiger partial charge in [0.1, 0.15) is 5.01 Å². The molecule has 1 aliphatic rings. The SMILES string of the molecule is Cc1ccsc1-c1nc(C)c(C2CC(N)C2)s1. The van der Waals surface area contributed by atoms with Gasteiger partial charge < -0.3 is 5.73 Å². The van der Waals surface area contributed by atoms with E-state index >= 15 is 0 Å². The predicted molar refractivity (Wildman–Crippen MR) is 74.9 cm³/mol. The lowest BCUT2D eigenvalue weighted by Gasteiger charge is -2.31. The molecule has 1 saturated carbocycles. The smallest absolute Gasteiger partial charge is 0.134 e. The van der Waals surface area contributed by atoms with Crippen LogP contribution in [0, 0.1) is 13.8 Å². The van der Waals surface area contributed by atoms with E-state index in [4.69, 9.17) is 10.7 Å². The third-order valence-corrected chi connectivity index (χ3v) is 5.92. The summed E-state index contributed by atoms with van der Waals surface area (Å²) in [6, 6.07) is 2.57. The molecule has 0 saturated heterocycles. The first-order chi connectivity index (χ1) is 8.15. The first-order valence-electron chi connectivity index (χ1n) is 5.92. The van der Waals surface area contributed by atoms with E-state index in [0.29, 0.717) is 12.0 Å². The quantitative estimate of drug-likeness (QED) is 0.898. The zero-order valence-corrected chi connectivity index (χ0v) is 11.7. The minimum absolute atomic E-state index is 0.411. The van der Waals surface area contributed by atoms with Gasteiger partial charge in [-0.2, -0.15) is 0 Å². The molecule has 2 aromatic heterocycles. The fraction of sp³-hybridized carbons (Fsp3) is 0.462. The highest BCUT2D eigenvalue weighted by Crippen LogP contribution is 2.43. The van der Waals surface area contributed by atoms with Crippen molar-refractivity contribution in [2.45, 2.75) is 38.6 Å². The number of thiazole rings is 1. The van der Waals surface area contributed by atoms with Crippen LogP contribution in [0.5, 0.6) is 0 Å². The summed E-state index contributed by atoms with van der Waals surface area (Å²) in [7, 11) is 0. The van der Waals surface area contributed by atoms with Crippen molar-refractivity contribution < 1.29 is 0 Å². The summed E-state index contributed by atoms with van der Waals surface area (Å²) in [5.41, 5.74) is 8.41. The molecule has 0 aromatic carbocycles. The van der Waals surface area contributed by atoms with Crippen LogP contribution in [-0.4, -0.2) is 11.0 Å². The number of rotatable bonds is 2. The molecule has 17 heavy (non-hydrogen) atoms. The molecule has 0 bridgehead atoms. The van der Waals surface area contributed by atoms with Gasteiger partial charge in [-0.05, 0) is 49.6 Å². The van der Waals surface area contributed by atoms with E-state index in [1.54, 1.807) is 11.3 Å². The Balaban J connectivity index is 1.93. The highest BCUT2D eigenvalue weighted by atomic mass is 32.1. The van der Waals surface area contributed by atoms with Crippen molar-refractivity contribution in [3.63, 3.8) is 0 Å². The third-order valence-electron chi connectivity index (χ3n) is 3.43. The number of hydrogen-bond acceptors (Lipinski definition) is 4. The standard InChI is InChI=1S/C13H16N2S2/c1-7-3-4-16-11(7)13-15-8(2)12(17-13)9-5-10(14)6-9/h3-4,9-10H,5-6,14H2,1-2H3. The van der Waals surface area contributed by atoms with Crippen LogP contribution in [0.3, 0.4) is 0 Å². The van der Waals surface area contributed by atoms with Gasteiger partial charge >= 0.3 is 0 Å². The Morgan fingerprint density at radius 3 is 2.71 bits per heavy atom. The predicted octanol–water partition coefficient (Wildman–Crippen LogP) is 3.69. The van der Waals surface area contributed by atoms with Crippen molar-refractivity contribution in [3.05, 3.63) is 27.6 Å². The lowest BCUT2D eigenvalue weighted by atomic mass is 9.79. The van der Waals surface area contributed by atoms with Crippen LogP contribution in [-0.2, 0) is 0 Å². The lowest BCUT2D eigenvalue weighted by molar-refractivity contribution is 0.354. The Morgan fingerprint density at radius 2 is 2.12 bits per heavy atom. The Kier molecular flexibility index (Phi) is 2.81. The first kappa shape index (κ1) is 11.4. The summed E-state index contributed by atoms with van der Waals surface area (Å²) in [5.74, 6) is 0.663. The van der Waals surface area contributed by atoms with E-state index < -0.39 is 0 Å². The third kappa shape index (κ3) is 1.94. The number of nitrogens with zero attached hydrogens (tertiary/aromatic N) is 1. The van der Waals surface area contributed by atoms with Gasteiger partial charge in [0.2, 0.25) is 0 Å². The number of aryl methyl sites for hydroxylation is 2. The highest BCUT2D eigenvalue weighted by Gasteiger charge is 2.30. The molecule has 0 amide bonds. The van der Waals surface area contributed by atoms with Crippen molar-refractivity contribution in [2.24, 2.45) is 5.73 Å². The molecular weight excluding hydrogens is 248 g/mol. The summed E-state index contributed by atoms with van der Waals surface area (Å²) < 4.78 is 0. The van der Waals surface area contributed by atoms with Gasteiger partial charge in [0.05, 0.1) is 10.6 Å². The van der Waals surface area contributed by atoms with Crippen LogP contribution in [0.4, 0.5) is 0 Å². The van der Waals surface area contributed by atoms with E-state index in [9.17, 15) is 0 Å². The maximum atomic E-state index is 5.87. The summed E-state index contributed by atoms with van der Waals surface area (Å²) >= 11 is 3.65. The van der Waals surface area contributed by atoms with Gasteiger partial charge in [-0.3, -0.25) is 0 Å². The fourth-order valence-electron chi connectivity index (χ4n) is 2.35. The maximum absolute atomic E-state index is 5.87. The van der Waals surface area contributed by atoms with Gasteiger partial charge in [-0.15, -0.1) is 22.7 Å². The van der Waals surface area contributed by atoms with Gasteiger partial charge in [0.25, 0.3) is 0 Å². The normalized spacial score (nSPS) is 23.7. The molecule has 0 atom stereocenters. The van der Waals surface area contributed by atoms with Crippen LogP contribution < -0.4 is 5.73 Å². The molecule has 0 radical (unpaired) electrons. The molecule has 2 aromatic rings. The van der Waals surface area contributed by atoms with Crippen molar-refractivity contribution in [2.75, 3.05) is 0 Å². The van der Waals surface area contributed by atoms with Crippen LogP contribution >= 0.6 is 22.7 Å². The van der Waals surface area contributed by atoms with E-state index in [1.165, 1.54) is 26.0 Å². The Labute approximate surface area is 110 Å².